The molecular formula is C16H19NS. The van der Waals surface area contributed by atoms with Crippen LogP contribution in [0, 0.1) is 6.92 Å². The van der Waals surface area contributed by atoms with Crippen LogP contribution in [0.1, 0.15) is 40.3 Å². The molecule has 0 radical (unpaired) electrons. The molecule has 0 spiro atoms. The van der Waals surface area contributed by atoms with Crippen molar-refractivity contribution in [3.63, 3.8) is 0 Å². The van der Waals surface area contributed by atoms with Crippen LogP contribution in [0.4, 0.5) is 0 Å². The molecule has 0 saturated heterocycles. The summed E-state index contributed by atoms with van der Waals surface area (Å²) in [6, 6.07) is 7.36. The minimum Gasteiger partial charge on any atom is -0.309 e. The van der Waals surface area contributed by atoms with Gasteiger partial charge in [-0.1, -0.05) is 18.2 Å². The lowest BCUT2D eigenvalue weighted by molar-refractivity contribution is 0.689. The summed E-state index contributed by atoms with van der Waals surface area (Å²) in [5.74, 6) is 0. The van der Waals surface area contributed by atoms with E-state index in [9.17, 15) is 0 Å². The molecule has 1 unspecified atom stereocenters. The second-order valence-corrected chi connectivity index (χ2v) is 5.86. The van der Waals surface area contributed by atoms with Gasteiger partial charge >= 0.3 is 0 Å². The monoisotopic (exact) mass is 257 g/mol. The molecule has 94 valence electrons. The standard InChI is InChI=1S/C16H19NS/c1-11-9-18-10-15(11)16(17-2)14-7-6-12-4-3-5-13(12)8-14/h6-10,16-17H,3-5H2,1-2H3. The van der Waals surface area contributed by atoms with Gasteiger partial charge in [0.2, 0.25) is 0 Å². The van der Waals surface area contributed by atoms with Gasteiger partial charge in [-0.05, 0) is 71.8 Å². The zero-order valence-corrected chi connectivity index (χ0v) is 11.8. The van der Waals surface area contributed by atoms with E-state index in [4.69, 9.17) is 0 Å². The first-order chi connectivity index (χ1) is 8.79. The van der Waals surface area contributed by atoms with Crippen molar-refractivity contribution in [2.75, 3.05) is 7.05 Å². The maximum Gasteiger partial charge on any atom is 0.0585 e. The van der Waals surface area contributed by atoms with E-state index in [1.807, 2.05) is 0 Å². The van der Waals surface area contributed by atoms with Gasteiger partial charge in [-0.2, -0.15) is 11.3 Å². The first kappa shape index (κ1) is 11.9. The number of benzene rings is 1. The Labute approximate surface area is 113 Å². The third kappa shape index (κ3) is 2.00. The molecule has 1 atom stereocenters. The number of hydrogen-bond acceptors (Lipinski definition) is 2. The van der Waals surface area contributed by atoms with Crippen LogP contribution in [0.2, 0.25) is 0 Å². The highest BCUT2D eigenvalue weighted by Gasteiger charge is 2.18. The van der Waals surface area contributed by atoms with Crippen LogP contribution in [-0.2, 0) is 12.8 Å². The largest absolute Gasteiger partial charge is 0.309 e. The number of rotatable bonds is 3. The molecule has 0 amide bonds. The van der Waals surface area contributed by atoms with Gasteiger partial charge in [-0.3, -0.25) is 0 Å². The minimum absolute atomic E-state index is 0.335. The predicted octanol–water partition coefficient (Wildman–Crippen LogP) is 3.85. The minimum atomic E-state index is 0.335. The smallest absolute Gasteiger partial charge is 0.0585 e. The molecule has 2 heteroatoms. The van der Waals surface area contributed by atoms with E-state index in [2.05, 4.69) is 48.2 Å². The van der Waals surface area contributed by atoms with E-state index in [1.54, 1.807) is 22.5 Å². The van der Waals surface area contributed by atoms with Crippen molar-refractivity contribution in [1.29, 1.82) is 0 Å². The highest BCUT2D eigenvalue weighted by molar-refractivity contribution is 7.08. The van der Waals surface area contributed by atoms with Crippen LogP contribution >= 0.6 is 11.3 Å². The van der Waals surface area contributed by atoms with Gasteiger partial charge in [0.05, 0.1) is 6.04 Å². The van der Waals surface area contributed by atoms with Crippen molar-refractivity contribution in [2.45, 2.75) is 32.2 Å². The lowest BCUT2D eigenvalue weighted by atomic mass is 9.95. The summed E-state index contributed by atoms with van der Waals surface area (Å²) in [5.41, 5.74) is 7.32. The molecule has 0 fully saturated rings. The maximum atomic E-state index is 3.46. The van der Waals surface area contributed by atoms with E-state index < -0.39 is 0 Å². The maximum absolute atomic E-state index is 3.46. The summed E-state index contributed by atoms with van der Waals surface area (Å²) >= 11 is 1.79. The van der Waals surface area contributed by atoms with Crippen molar-refractivity contribution >= 4 is 11.3 Å². The number of thiophene rings is 1. The summed E-state index contributed by atoms with van der Waals surface area (Å²) in [4.78, 5) is 0. The van der Waals surface area contributed by atoms with E-state index in [0.717, 1.165) is 0 Å². The molecule has 0 aliphatic heterocycles. The molecule has 2 aromatic rings. The van der Waals surface area contributed by atoms with Crippen LogP contribution in [0.5, 0.6) is 0 Å². The lowest BCUT2D eigenvalue weighted by Crippen LogP contribution is -2.18. The Morgan fingerprint density at radius 3 is 2.72 bits per heavy atom. The van der Waals surface area contributed by atoms with E-state index in [0.29, 0.717) is 6.04 Å². The quantitative estimate of drug-likeness (QED) is 0.880. The van der Waals surface area contributed by atoms with E-state index >= 15 is 0 Å². The van der Waals surface area contributed by atoms with E-state index in [1.165, 1.54) is 36.0 Å². The molecule has 1 aliphatic rings. The van der Waals surface area contributed by atoms with Crippen molar-refractivity contribution in [3.8, 4) is 0 Å². The first-order valence-corrected chi connectivity index (χ1v) is 7.55. The van der Waals surface area contributed by atoms with Crippen LogP contribution in [0.15, 0.2) is 29.0 Å². The molecule has 18 heavy (non-hydrogen) atoms. The third-order valence-electron chi connectivity index (χ3n) is 3.95. The van der Waals surface area contributed by atoms with E-state index in [-0.39, 0.29) is 0 Å². The molecule has 1 nitrogen and oxygen atoms in total. The van der Waals surface area contributed by atoms with Crippen molar-refractivity contribution in [2.24, 2.45) is 0 Å². The van der Waals surface area contributed by atoms with Crippen molar-refractivity contribution in [1.82, 2.24) is 5.32 Å². The summed E-state index contributed by atoms with van der Waals surface area (Å²) < 4.78 is 0. The number of fused-ring (bicyclic) bond motifs is 1. The normalized spacial score (nSPS) is 15.7. The molecule has 1 aromatic heterocycles. The average molecular weight is 257 g/mol. The van der Waals surface area contributed by atoms with Gasteiger partial charge < -0.3 is 5.32 Å². The second-order valence-electron chi connectivity index (χ2n) is 5.11. The fraction of sp³-hybridized carbons (Fsp3) is 0.375. The molecule has 3 rings (SSSR count). The Bertz CT molecular complexity index is 556. The molecule has 0 bridgehead atoms. The molecule has 1 aromatic carbocycles. The Kier molecular flexibility index (Phi) is 3.23. The Morgan fingerprint density at radius 1 is 1.17 bits per heavy atom. The topological polar surface area (TPSA) is 12.0 Å². The lowest BCUT2D eigenvalue weighted by Gasteiger charge is -2.18. The highest BCUT2D eigenvalue weighted by Crippen LogP contribution is 2.30. The molecule has 0 saturated carbocycles. The predicted molar refractivity (Wildman–Crippen MR) is 78.4 cm³/mol. The molecule has 1 heterocycles. The zero-order chi connectivity index (χ0) is 12.5. The Balaban J connectivity index is 2.00. The zero-order valence-electron chi connectivity index (χ0n) is 11.0. The Morgan fingerprint density at radius 2 is 2.00 bits per heavy atom. The highest BCUT2D eigenvalue weighted by atomic mass is 32.1. The van der Waals surface area contributed by atoms with Crippen molar-refractivity contribution in [3.05, 3.63) is 56.8 Å². The summed E-state index contributed by atoms with van der Waals surface area (Å²) in [6.07, 6.45) is 3.83. The summed E-state index contributed by atoms with van der Waals surface area (Å²) in [7, 11) is 2.05. The van der Waals surface area contributed by atoms with Crippen LogP contribution in [0.25, 0.3) is 0 Å². The van der Waals surface area contributed by atoms with Gasteiger partial charge in [0.1, 0.15) is 0 Å². The first-order valence-electron chi connectivity index (χ1n) is 6.61. The fourth-order valence-corrected chi connectivity index (χ4v) is 3.82. The molecular weight excluding hydrogens is 238 g/mol. The van der Waals surface area contributed by atoms with Gasteiger partial charge in [0.15, 0.2) is 0 Å². The fourth-order valence-electron chi connectivity index (χ4n) is 2.94. The molecule has 1 N–H and O–H groups in total. The summed E-state index contributed by atoms with van der Waals surface area (Å²) in [5, 5.41) is 7.96. The third-order valence-corrected chi connectivity index (χ3v) is 4.83. The van der Waals surface area contributed by atoms with Gasteiger partial charge in [-0.25, -0.2) is 0 Å². The Hall–Kier alpha value is -1.12. The SMILES string of the molecule is CNC(c1ccc2c(c1)CCC2)c1cscc1C. The molecule has 1 aliphatic carbocycles. The summed E-state index contributed by atoms with van der Waals surface area (Å²) in [6.45, 7) is 2.20. The van der Waals surface area contributed by atoms with Crippen molar-refractivity contribution < 1.29 is 0 Å². The van der Waals surface area contributed by atoms with Crippen LogP contribution in [0.3, 0.4) is 0 Å². The number of nitrogens with one attached hydrogen (secondary N) is 1. The van der Waals surface area contributed by atoms with Gasteiger partial charge in [-0.15, -0.1) is 0 Å². The second kappa shape index (κ2) is 4.87. The van der Waals surface area contributed by atoms with Crippen LogP contribution in [-0.4, -0.2) is 7.05 Å². The van der Waals surface area contributed by atoms with Gasteiger partial charge in [0.25, 0.3) is 0 Å². The van der Waals surface area contributed by atoms with Gasteiger partial charge in [0, 0.05) is 0 Å². The average Bonchev–Trinajstić information content (AvgIpc) is 2.99. The number of aryl methyl sites for hydroxylation is 3. The number of hydrogen-bond donors (Lipinski definition) is 1. The van der Waals surface area contributed by atoms with Crippen LogP contribution < -0.4 is 5.32 Å².